The molecular formula is C10H22SiZr+2. The van der Waals surface area contributed by atoms with E-state index >= 15 is 0 Å². The third-order valence-electron chi connectivity index (χ3n) is 2.16. The summed E-state index contributed by atoms with van der Waals surface area (Å²) >= 11 is 1.87. The van der Waals surface area contributed by atoms with Crippen LogP contribution in [0.4, 0.5) is 0 Å². The molecule has 0 bridgehead atoms. The minimum atomic E-state index is 0.155. The Bertz CT molecular complexity index is 100. The van der Waals surface area contributed by atoms with Gasteiger partial charge in [0.1, 0.15) is 0 Å². The topological polar surface area (TPSA) is 0 Å². The van der Waals surface area contributed by atoms with Crippen LogP contribution in [-0.2, 0) is 23.3 Å². The van der Waals surface area contributed by atoms with E-state index < -0.39 is 0 Å². The average Bonchev–Trinajstić information content (AvgIpc) is 2.06. The summed E-state index contributed by atoms with van der Waals surface area (Å²) < 4.78 is 0. The van der Waals surface area contributed by atoms with Crippen LogP contribution in [0.25, 0.3) is 0 Å². The van der Waals surface area contributed by atoms with Crippen molar-refractivity contribution >= 4 is 5.43 Å². The molecule has 0 saturated carbocycles. The number of hydrogen-bond donors (Lipinski definition) is 0. The molecule has 68 valence electrons. The van der Waals surface area contributed by atoms with Crippen molar-refractivity contribution in [2.24, 2.45) is 0 Å². The van der Waals surface area contributed by atoms with Crippen LogP contribution in [0, 0.1) is 0 Å². The van der Waals surface area contributed by atoms with Crippen molar-refractivity contribution in [2.75, 3.05) is 0 Å². The van der Waals surface area contributed by atoms with E-state index in [2.05, 4.69) is 13.8 Å². The molecule has 0 radical (unpaired) electrons. The van der Waals surface area contributed by atoms with Crippen LogP contribution in [0.15, 0.2) is 0 Å². The first-order chi connectivity index (χ1) is 5.81. The van der Waals surface area contributed by atoms with Gasteiger partial charge >= 0.3 is 93.2 Å². The first-order valence-corrected chi connectivity index (χ1v) is 11.0. The molecule has 0 aliphatic rings. The van der Waals surface area contributed by atoms with Crippen molar-refractivity contribution in [2.45, 2.75) is 64.5 Å². The van der Waals surface area contributed by atoms with Crippen molar-refractivity contribution in [3.8, 4) is 0 Å². The van der Waals surface area contributed by atoms with Crippen LogP contribution < -0.4 is 0 Å². The summed E-state index contributed by atoms with van der Waals surface area (Å²) in [6.07, 6.45) is 8.75. The summed E-state index contributed by atoms with van der Waals surface area (Å²) in [5, 5.41) is 0. The van der Waals surface area contributed by atoms with Crippen LogP contribution in [0.2, 0.25) is 12.1 Å². The summed E-state index contributed by atoms with van der Waals surface area (Å²) in [5.74, 6) is 0. The molecule has 0 aromatic heterocycles. The maximum atomic E-state index is 2.30. The standard InChI is InChI=1S/C10H22Si.Zr/c1-3-5-7-9-11-10-8-6-4-2;/h3-10H2,1-2H3;/q;+2. The van der Waals surface area contributed by atoms with E-state index in [4.69, 9.17) is 0 Å². The summed E-state index contributed by atoms with van der Waals surface area (Å²) in [5.41, 5.74) is 0.155. The van der Waals surface area contributed by atoms with Gasteiger partial charge in [0.2, 0.25) is 0 Å². The molecule has 0 aromatic carbocycles. The molecule has 0 unspecified atom stereocenters. The van der Waals surface area contributed by atoms with E-state index in [1.807, 2.05) is 23.3 Å². The normalized spacial score (nSPS) is 10.3. The van der Waals surface area contributed by atoms with Crippen LogP contribution in [0.3, 0.4) is 0 Å². The summed E-state index contributed by atoms with van der Waals surface area (Å²) in [6.45, 7) is 4.60. The van der Waals surface area contributed by atoms with Gasteiger partial charge in [0.05, 0.1) is 0 Å². The van der Waals surface area contributed by atoms with Crippen molar-refractivity contribution < 1.29 is 23.3 Å². The van der Waals surface area contributed by atoms with Gasteiger partial charge in [-0.1, -0.05) is 0 Å². The zero-order valence-electron chi connectivity index (χ0n) is 8.66. The first kappa shape index (κ1) is 13.1. The quantitative estimate of drug-likeness (QED) is 0.459. The third kappa shape index (κ3) is 9.19. The second-order valence-corrected chi connectivity index (χ2v) is 10.9. The molecule has 0 rings (SSSR count). The Hall–Kier alpha value is 1.10. The molecule has 0 nitrogen and oxygen atoms in total. The predicted octanol–water partition coefficient (Wildman–Crippen LogP) is 3.91. The Balaban J connectivity index is 3.10. The van der Waals surface area contributed by atoms with Crippen LogP contribution in [-0.4, -0.2) is 5.43 Å². The molecule has 0 aliphatic carbocycles. The van der Waals surface area contributed by atoms with E-state index in [9.17, 15) is 0 Å². The summed E-state index contributed by atoms with van der Waals surface area (Å²) in [6, 6.07) is 3.20. The van der Waals surface area contributed by atoms with Crippen molar-refractivity contribution in [3.63, 3.8) is 0 Å². The molecule has 0 aliphatic heterocycles. The fraction of sp³-hybridized carbons (Fsp3) is 1.00. The van der Waals surface area contributed by atoms with E-state index in [1.54, 1.807) is 12.1 Å². The summed E-state index contributed by atoms with van der Waals surface area (Å²) in [7, 11) is 0. The van der Waals surface area contributed by atoms with Crippen molar-refractivity contribution in [1.29, 1.82) is 0 Å². The fourth-order valence-electron chi connectivity index (χ4n) is 1.30. The van der Waals surface area contributed by atoms with Gasteiger partial charge in [-0.25, -0.2) is 0 Å². The maximum absolute atomic E-state index is 2.30. The molecule has 2 heteroatoms. The molecule has 0 N–H and O–H groups in total. The number of hydrogen-bond acceptors (Lipinski definition) is 0. The number of rotatable bonds is 8. The predicted molar refractivity (Wildman–Crippen MR) is 54.4 cm³/mol. The van der Waals surface area contributed by atoms with E-state index in [0.717, 1.165) is 0 Å². The monoisotopic (exact) mass is 260 g/mol. The van der Waals surface area contributed by atoms with Gasteiger partial charge in [-0.05, 0) is 0 Å². The Morgan fingerprint density at radius 3 is 1.58 bits per heavy atom. The second kappa shape index (κ2) is 10.2. The fourth-order valence-corrected chi connectivity index (χ4v) is 5.51. The zero-order valence-corrected chi connectivity index (χ0v) is 12.1. The Morgan fingerprint density at radius 1 is 0.833 bits per heavy atom. The van der Waals surface area contributed by atoms with Crippen molar-refractivity contribution in [3.05, 3.63) is 0 Å². The molecule has 0 heterocycles. The van der Waals surface area contributed by atoms with Crippen LogP contribution in [0.5, 0.6) is 0 Å². The SMILES string of the molecule is CCCCC[Si](=[Zr+2])CCCCC. The van der Waals surface area contributed by atoms with E-state index in [0.29, 0.717) is 0 Å². The van der Waals surface area contributed by atoms with Crippen LogP contribution in [0.1, 0.15) is 52.4 Å². The average molecular weight is 262 g/mol. The molecule has 0 atom stereocenters. The molecule has 0 fully saturated rings. The Labute approximate surface area is 92.9 Å². The Kier molecular flexibility index (Phi) is 11.1. The minimum absolute atomic E-state index is 0.155. The van der Waals surface area contributed by atoms with Gasteiger partial charge in [0.25, 0.3) is 0 Å². The second-order valence-electron chi connectivity index (χ2n) is 3.52. The summed E-state index contributed by atoms with van der Waals surface area (Å²) in [4.78, 5) is 0. The van der Waals surface area contributed by atoms with Crippen molar-refractivity contribution in [1.82, 2.24) is 0 Å². The van der Waals surface area contributed by atoms with E-state index in [1.165, 1.54) is 38.5 Å². The molecule has 0 amide bonds. The van der Waals surface area contributed by atoms with Gasteiger partial charge in [-0.2, -0.15) is 0 Å². The third-order valence-corrected chi connectivity index (χ3v) is 7.77. The number of unbranched alkanes of at least 4 members (excludes halogenated alkanes) is 4. The molecule has 0 saturated heterocycles. The Morgan fingerprint density at radius 2 is 1.25 bits per heavy atom. The van der Waals surface area contributed by atoms with Gasteiger partial charge in [-0.3, -0.25) is 0 Å². The van der Waals surface area contributed by atoms with Gasteiger partial charge in [0.15, 0.2) is 0 Å². The van der Waals surface area contributed by atoms with E-state index in [-0.39, 0.29) is 5.43 Å². The zero-order chi connectivity index (χ0) is 9.23. The van der Waals surface area contributed by atoms with Crippen LogP contribution >= 0.6 is 0 Å². The molecule has 12 heavy (non-hydrogen) atoms. The molecule has 0 spiro atoms. The van der Waals surface area contributed by atoms with Gasteiger partial charge < -0.3 is 0 Å². The van der Waals surface area contributed by atoms with Gasteiger partial charge in [0, 0.05) is 0 Å². The molecule has 0 aromatic rings. The first-order valence-electron chi connectivity index (χ1n) is 5.37. The van der Waals surface area contributed by atoms with Gasteiger partial charge in [-0.15, -0.1) is 0 Å². The molecular weight excluding hydrogens is 239 g/mol.